The Labute approximate surface area is 136 Å². The normalized spacial score (nSPS) is 11.9. The number of nitrogens with two attached hydrogens (primary N) is 1. The molecule has 0 fully saturated rings. The number of alkyl halides is 3. The molecule has 7 heteroatoms. The Balaban J connectivity index is 2.20. The second-order valence-corrected chi connectivity index (χ2v) is 5.44. The molecule has 24 heavy (non-hydrogen) atoms. The van der Waals surface area contributed by atoms with Gasteiger partial charge in [-0.1, -0.05) is 0 Å². The van der Waals surface area contributed by atoms with E-state index in [0.29, 0.717) is 17.0 Å². The Hall–Kier alpha value is -2.54. The molecular weight excluding hydrogens is 319 g/mol. The van der Waals surface area contributed by atoms with Crippen molar-refractivity contribution in [3.63, 3.8) is 0 Å². The number of benzene rings is 1. The fourth-order valence-corrected chi connectivity index (χ4v) is 2.71. The molecule has 0 unspecified atom stereocenters. The molecule has 0 atom stereocenters. The number of ether oxygens (including phenoxy) is 1. The Morgan fingerprint density at radius 1 is 1.21 bits per heavy atom. The molecule has 1 aromatic carbocycles. The number of hydrogen-bond acceptors (Lipinski definition) is 3. The molecule has 4 nitrogen and oxygen atoms in total. The number of rotatable bonds is 3. The van der Waals surface area contributed by atoms with Crippen molar-refractivity contribution in [2.45, 2.75) is 19.6 Å². The van der Waals surface area contributed by atoms with Crippen molar-refractivity contribution in [1.29, 1.82) is 0 Å². The molecule has 0 saturated heterocycles. The largest absolute Gasteiger partial charge is 0.496 e. The minimum Gasteiger partial charge on any atom is -0.496 e. The van der Waals surface area contributed by atoms with Gasteiger partial charge in [0, 0.05) is 18.3 Å². The van der Waals surface area contributed by atoms with Crippen molar-refractivity contribution < 1.29 is 17.9 Å². The number of aryl methyl sites for hydroxylation is 1. The van der Waals surface area contributed by atoms with Crippen molar-refractivity contribution in [1.82, 2.24) is 9.38 Å². The van der Waals surface area contributed by atoms with E-state index in [1.54, 1.807) is 13.2 Å². The van der Waals surface area contributed by atoms with E-state index >= 15 is 0 Å². The summed E-state index contributed by atoms with van der Waals surface area (Å²) in [4.78, 5) is 4.45. The molecule has 0 aliphatic carbocycles. The third-order valence-electron chi connectivity index (χ3n) is 3.91. The Morgan fingerprint density at radius 2 is 1.96 bits per heavy atom. The molecule has 0 radical (unpaired) electrons. The first-order valence-electron chi connectivity index (χ1n) is 7.28. The van der Waals surface area contributed by atoms with Gasteiger partial charge in [0.25, 0.3) is 0 Å². The Bertz CT molecular complexity index is 900. The van der Waals surface area contributed by atoms with Gasteiger partial charge in [-0.3, -0.25) is 0 Å². The lowest BCUT2D eigenvalue weighted by atomic mass is 10.1. The Morgan fingerprint density at radius 3 is 2.54 bits per heavy atom. The van der Waals surface area contributed by atoms with E-state index in [9.17, 15) is 13.2 Å². The van der Waals surface area contributed by atoms with Crippen LogP contribution in [0.5, 0.6) is 5.75 Å². The minimum atomic E-state index is -4.42. The number of halogens is 3. The lowest BCUT2D eigenvalue weighted by Crippen LogP contribution is -2.08. The highest BCUT2D eigenvalue weighted by molar-refractivity contribution is 5.68. The van der Waals surface area contributed by atoms with Crippen molar-refractivity contribution in [3.8, 4) is 17.0 Å². The van der Waals surface area contributed by atoms with Crippen LogP contribution in [0, 0.1) is 6.92 Å². The van der Waals surface area contributed by atoms with E-state index in [-0.39, 0.29) is 6.54 Å². The molecule has 2 heterocycles. The minimum absolute atomic E-state index is 0.0723. The zero-order valence-electron chi connectivity index (χ0n) is 13.2. The molecule has 0 saturated carbocycles. The van der Waals surface area contributed by atoms with Gasteiger partial charge in [0.1, 0.15) is 11.4 Å². The summed E-state index contributed by atoms with van der Waals surface area (Å²) in [5, 5.41) is 0. The second kappa shape index (κ2) is 5.83. The van der Waals surface area contributed by atoms with Crippen LogP contribution in [0.3, 0.4) is 0 Å². The summed E-state index contributed by atoms with van der Waals surface area (Å²) >= 11 is 0. The number of nitrogens with zero attached hydrogens (tertiary/aromatic N) is 2. The summed E-state index contributed by atoms with van der Waals surface area (Å²) < 4.78 is 45.4. The number of hydrogen-bond donors (Lipinski definition) is 1. The summed E-state index contributed by atoms with van der Waals surface area (Å²) in [5.74, 6) is 0.733. The zero-order valence-corrected chi connectivity index (χ0v) is 13.2. The molecule has 0 aliphatic rings. The summed E-state index contributed by atoms with van der Waals surface area (Å²) in [5.41, 5.74) is 8.26. The highest BCUT2D eigenvalue weighted by Gasteiger charge is 2.31. The predicted molar refractivity (Wildman–Crippen MR) is 84.8 cm³/mol. The highest BCUT2D eigenvalue weighted by atomic mass is 19.4. The van der Waals surface area contributed by atoms with Gasteiger partial charge >= 0.3 is 6.18 Å². The maximum atomic E-state index is 12.9. The van der Waals surface area contributed by atoms with Crippen molar-refractivity contribution in [3.05, 3.63) is 53.3 Å². The van der Waals surface area contributed by atoms with Crippen LogP contribution in [0.4, 0.5) is 13.2 Å². The van der Waals surface area contributed by atoms with E-state index in [4.69, 9.17) is 10.5 Å². The van der Waals surface area contributed by atoms with Crippen LogP contribution >= 0.6 is 0 Å². The maximum Gasteiger partial charge on any atom is 0.417 e. The van der Waals surface area contributed by atoms with E-state index < -0.39 is 11.7 Å². The van der Waals surface area contributed by atoms with E-state index in [0.717, 1.165) is 29.1 Å². The molecule has 2 N–H and O–H groups in total. The van der Waals surface area contributed by atoms with Gasteiger partial charge in [-0.05, 0) is 42.8 Å². The van der Waals surface area contributed by atoms with E-state index in [2.05, 4.69) is 4.98 Å². The van der Waals surface area contributed by atoms with Crippen LogP contribution < -0.4 is 10.5 Å². The van der Waals surface area contributed by atoms with Crippen LogP contribution in [0.1, 0.15) is 16.8 Å². The first kappa shape index (κ1) is 16.3. The van der Waals surface area contributed by atoms with E-state index in [1.165, 1.54) is 10.5 Å². The molecule has 0 amide bonds. The molecule has 126 valence electrons. The standard InChI is InChI=1S/C17H16F3N3O/c1-10-7-11(3-5-14(10)24-2)16-13(8-21)23-9-12(17(18,19)20)4-6-15(23)22-16/h3-7,9H,8,21H2,1-2H3. The highest BCUT2D eigenvalue weighted by Crippen LogP contribution is 2.32. The topological polar surface area (TPSA) is 52.5 Å². The number of fused-ring (bicyclic) bond motifs is 1. The summed E-state index contributed by atoms with van der Waals surface area (Å²) in [6.45, 7) is 1.96. The van der Waals surface area contributed by atoms with Crippen LogP contribution in [0.25, 0.3) is 16.9 Å². The maximum absolute atomic E-state index is 12.9. The third-order valence-corrected chi connectivity index (χ3v) is 3.91. The summed E-state index contributed by atoms with van der Waals surface area (Å²) in [6, 6.07) is 7.87. The lowest BCUT2D eigenvalue weighted by Gasteiger charge is -2.09. The average Bonchev–Trinajstić information content (AvgIpc) is 2.91. The second-order valence-electron chi connectivity index (χ2n) is 5.44. The molecule has 3 aromatic rings. The van der Waals surface area contributed by atoms with Gasteiger partial charge in [0.05, 0.1) is 24.1 Å². The van der Waals surface area contributed by atoms with Crippen molar-refractivity contribution in [2.75, 3.05) is 7.11 Å². The Kier molecular flexibility index (Phi) is 3.96. The lowest BCUT2D eigenvalue weighted by molar-refractivity contribution is -0.137. The van der Waals surface area contributed by atoms with Gasteiger partial charge in [-0.2, -0.15) is 13.2 Å². The van der Waals surface area contributed by atoms with Gasteiger partial charge < -0.3 is 14.9 Å². The quantitative estimate of drug-likeness (QED) is 0.792. The SMILES string of the molecule is COc1ccc(-c2nc3ccc(C(F)(F)F)cn3c2CN)cc1C. The fraction of sp³-hybridized carbons (Fsp3) is 0.235. The molecular formula is C17H16F3N3O. The molecule has 2 aromatic heterocycles. The molecule has 0 bridgehead atoms. The van der Waals surface area contributed by atoms with Gasteiger partial charge in [-0.15, -0.1) is 0 Å². The molecule has 3 rings (SSSR count). The predicted octanol–water partition coefficient (Wildman–Crippen LogP) is 3.80. The van der Waals surface area contributed by atoms with Crippen LogP contribution in [-0.2, 0) is 12.7 Å². The van der Waals surface area contributed by atoms with Crippen molar-refractivity contribution >= 4 is 5.65 Å². The number of aromatic nitrogens is 2. The first-order chi connectivity index (χ1) is 11.3. The number of imidazole rings is 1. The number of pyridine rings is 1. The summed E-state index contributed by atoms with van der Waals surface area (Å²) in [7, 11) is 1.58. The van der Waals surface area contributed by atoms with Gasteiger partial charge in [-0.25, -0.2) is 4.98 Å². The van der Waals surface area contributed by atoms with E-state index in [1.807, 2.05) is 19.1 Å². The van der Waals surface area contributed by atoms with Crippen LogP contribution in [0.15, 0.2) is 36.5 Å². The monoisotopic (exact) mass is 335 g/mol. The average molecular weight is 335 g/mol. The number of methoxy groups -OCH3 is 1. The first-order valence-corrected chi connectivity index (χ1v) is 7.28. The smallest absolute Gasteiger partial charge is 0.417 e. The third kappa shape index (κ3) is 2.71. The fourth-order valence-electron chi connectivity index (χ4n) is 2.71. The zero-order chi connectivity index (χ0) is 17.5. The van der Waals surface area contributed by atoms with Crippen LogP contribution in [0.2, 0.25) is 0 Å². The molecule has 0 aliphatic heterocycles. The van der Waals surface area contributed by atoms with Crippen LogP contribution in [-0.4, -0.2) is 16.5 Å². The summed E-state index contributed by atoms with van der Waals surface area (Å²) in [6.07, 6.45) is -3.38. The van der Waals surface area contributed by atoms with Gasteiger partial charge in [0.15, 0.2) is 0 Å². The van der Waals surface area contributed by atoms with Gasteiger partial charge in [0.2, 0.25) is 0 Å². The van der Waals surface area contributed by atoms with Crippen molar-refractivity contribution in [2.24, 2.45) is 5.73 Å². The molecule has 0 spiro atoms.